The zero-order valence-electron chi connectivity index (χ0n) is 15.8. The van der Waals surface area contributed by atoms with Crippen molar-refractivity contribution in [2.45, 2.75) is 6.54 Å². The fraction of sp³-hybridized carbons (Fsp3) is 0.182. The summed E-state index contributed by atoms with van der Waals surface area (Å²) < 4.78 is 25.5. The van der Waals surface area contributed by atoms with Gasteiger partial charge in [-0.15, -0.1) is 11.3 Å². The summed E-state index contributed by atoms with van der Waals surface area (Å²) in [5.41, 5.74) is 2.96. The first-order chi connectivity index (χ1) is 14.2. The van der Waals surface area contributed by atoms with Crippen molar-refractivity contribution >= 4 is 27.4 Å². The van der Waals surface area contributed by atoms with Gasteiger partial charge in [-0.3, -0.25) is 0 Å². The van der Waals surface area contributed by atoms with Crippen molar-refractivity contribution < 1.29 is 13.9 Å². The fourth-order valence-electron chi connectivity index (χ4n) is 3.41. The molecule has 2 aromatic heterocycles. The lowest BCUT2D eigenvalue weighted by atomic mass is 10.2. The van der Waals surface area contributed by atoms with Crippen molar-refractivity contribution in [2.24, 2.45) is 0 Å². The van der Waals surface area contributed by atoms with E-state index in [0.29, 0.717) is 19.8 Å². The molecule has 7 heteroatoms. The van der Waals surface area contributed by atoms with Crippen molar-refractivity contribution in [3.8, 4) is 21.9 Å². The molecule has 0 N–H and O–H groups in total. The van der Waals surface area contributed by atoms with Crippen LogP contribution >= 0.6 is 11.3 Å². The van der Waals surface area contributed by atoms with Crippen molar-refractivity contribution in [2.75, 3.05) is 25.2 Å². The van der Waals surface area contributed by atoms with Crippen LogP contribution in [-0.4, -0.2) is 30.2 Å². The van der Waals surface area contributed by atoms with E-state index >= 15 is 0 Å². The molecule has 29 heavy (non-hydrogen) atoms. The molecule has 1 aliphatic rings. The lowest BCUT2D eigenvalue weighted by Crippen LogP contribution is -2.19. The average molecular weight is 407 g/mol. The summed E-state index contributed by atoms with van der Waals surface area (Å²) in [5, 5.41) is 0. The highest BCUT2D eigenvalue weighted by Gasteiger charge is 2.16. The highest BCUT2D eigenvalue weighted by atomic mass is 32.1. The van der Waals surface area contributed by atoms with Gasteiger partial charge in [0.25, 0.3) is 0 Å². The van der Waals surface area contributed by atoms with Crippen LogP contribution in [0, 0.1) is 5.82 Å². The van der Waals surface area contributed by atoms with Gasteiger partial charge in [0.1, 0.15) is 31.2 Å². The van der Waals surface area contributed by atoms with E-state index in [-0.39, 0.29) is 5.82 Å². The summed E-state index contributed by atoms with van der Waals surface area (Å²) in [5.74, 6) is 2.19. The van der Waals surface area contributed by atoms with Crippen LogP contribution in [0.4, 0.5) is 10.2 Å². The van der Waals surface area contributed by atoms with E-state index in [2.05, 4.69) is 14.9 Å². The molecule has 4 aromatic rings. The molecule has 3 heterocycles. The number of anilines is 1. The van der Waals surface area contributed by atoms with Gasteiger partial charge in [0, 0.05) is 18.5 Å². The monoisotopic (exact) mass is 407 g/mol. The molecule has 0 spiro atoms. The van der Waals surface area contributed by atoms with Crippen molar-refractivity contribution in [3.05, 3.63) is 66.2 Å². The third kappa shape index (κ3) is 3.49. The Balaban J connectivity index is 1.45. The lowest BCUT2D eigenvalue weighted by Gasteiger charge is -2.22. The van der Waals surface area contributed by atoms with Gasteiger partial charge in [0.15, 0.2) is 11.5 Å². The number of nitrogens with zero attached hydrogens (tertiary/aromatic N) is 3. The van der Waals surface area contributed by atoms with Crippen LogP contribution in [0.3, 0.4) is 0 Å². The number of benzene rings is 2. The summed E-state index contributed by atoms with van der Waals surface area (Å²) in [6, 6.07) is 14.5. The van der Waals surface area contributed by atoms with Crippen molar-refractivity contribution in [1.29, 1.82) is 0 Å². The molecule has 0 saturated heterocycles. The summed E-state index contributed by atoms with van der Waals surface area (Å²) in [7, 11) is 2.01. The Morgan fingerprint density at radius 3 is 2.62 bits per heavy atom. The number of rotatable bonds is 4. The summed E-state index contributed by atoms with van der Waals surface area (Å²) in [6.07, 6.45) is 1.58. The molecule has 0 bridgehead atoms. The second-order valence-corrected chi connectivity index (χ2v) is 7.92. The maximum Gasteiger partial charge on any atom is 0.161 e. The molecule has 5 nitrogen and oxygen atoms in total. The number of ether oxygens (including phenoxy) is 2. The summed E-state index contributed by atoms with van der Waals surface area (Å²) >= 11 is 1.61. The lowest BCUT2D eigenvalue weighted by molar-refractivity contribution is 0.171. The third-order valence-electron chi connectivity index (χ3n) is 4.81. The van der Waals surface area contributed by atoms with E-state index in [4.69, 9.17) is 9.47 Å². The molecule has 0 radical (unpaired) electrons. The first-order valence-electron chi connectivity index (χ1n) is 9.27. The number of hydrogen-bond donors (Lipinski definition) is 0. The van der Waals surface area contributed by atoms with Gasteiger partial charge in [0.2, 0.25) is 0 Å². The Morgan fingerprint density at radius 1 is 1.00 bits per heavy atom. The molecular weight excluding hydrogens is 389 g/mol. The van der Waals surface area contributed by atoms with Crippen LogP contribution in [-0.2, 0) is 6.54 Å². The number of hydrogen-bond acceptors (Lipinski definition) is 6. The van der Waals surface area contributed by atoms with Crippen LogP contribution in [0.2, 0.25) is 0 Å². The second-order valence-electron chi connectivity index (χ2n) is 6.86. The molecule has 146 valence electrons. The topological polar surface area (TPSA) is 47.5 Å². The van der Waals surface area contributed by atoms with Gasteiger partial charge in [0.05, 0.1) is 10.2 Å². The Kier molecular flexibility index (Phi) is 4.52. The fourth-order valence-corrected chi connectivity index (χ4v) is 4.57. The zero-order valence-corrected chi connectivity index (χ0v) is 16.6. The van der Waals surface area contributed by atoms with Crippen LogP contribution in [0.15, 0.2) is 54.9 Å². The van der Waals surface area contributed by atoms with Crippen LogP contribution < -0.4 is 14.4 Å². The number of thiophene rings is 1. The molecule has 1 aliphatic heterocycles. The molecule has 0 saturated carbocycles. The highest BCUT2D eigenvalue weighted by Crippen LogP contribution is 2.37. The quantitative estimate of drug-likeness (QED) is 0.481. The zero-order chi connectivity index (χ0) is 19.8. The molecule has 5 rings (SSSR count). The maximum atomic E-state index is 13.2. The number of fused-ring (bicyclic) bond motifs is 2. The predicted octanol–water partition coefficient (Wildman–Crippen LogP) is 4.91. The van der Waals surface area contributed by atoms with E-state index in [0.717, 1.165) is 43.5 Å². The molecular formula is C22H18FN3O2S. The Bertz CT molecular complexity index is 1180. The van der Waals surface area contributed by atoms with Gasteiger partial charge in [-0.2, -0.15) is 0 Å². The first kappa shape index (κ1) is 17.9. The van der Waals surface area contributed by atoms with Crippen LogP contribution in [0.25, 0.3) is 20.7 Å². The molecule has 0 fully saturated rings. The van der Waals surface area contributed by atoms with Crippen molar-refractivity contribution in [1.82, 2.24) is 9.97 Å². The van der Waals surface area contributed by atoms with E-state index in [1.165, 1.54) is 12.1 Å². The van der Waals surface area contributed by atoms with Gasteiger partial charge < -0.3 is 14.4 Å². The number of aromatic nitrogens is 2. The maximum absolute atomic E-state index is 13.2. The predicted molar refractivity (Wildman–Crippen MR) is 112 cm³/mol. The van der Waals surface area contributed by atoms with Gasteiger partial charge in [-0.05, 0) is 41.5 Å². The number of halogens is 1. The van der Waals surface area contributed by atoms with E-state index in [1.54, 1.807) is 29.8 Å². The largest absolute Gasteiger partial charge is 0.486 e. The van der Waals surface area contributed by atoms with E-state index in [9.17, 15) is 4.39 Å². The Labute approximate surface area is 171 Å². The van der Waals surface area contributed by atoms with Gasteiger partial charge >= 0.3 is 0 Å². The van der Waals surface area contributed by atoms with E-state index in [1.807, 2.05) is 31.3 Å². The Morgan fingerprint density at radius 2 is 1.79 bits per heavy atom. The highest BCUT2D eigenvalue weighted by molar-refractivity contribution is 7.22. The van der Waals surface area contributed by atoms with Gasteiger partial charge in [-0.1, -0.05) is 18.2 Å². The summed E-state index contributed by atoms with van der Waals surface area (Å²) in [6.45, 7) is 1.83. The molecule has 0 unspecified atom stereocenters. The SMILES string of the molecule is CN(Cc1ccc2c(c1)OCCO2)c1ncnc2cc(-c3ccc(F)cc3)sc12. The standard InChI is InChI=1S/C22H18FN3O2S/c1-26(12-14-2-7-18-19(10-14)28-9-8-27-18)22-21-17(24-13-25-22)11-20(29-21)15-3-5-16(23)6-4-15/h2-7,10-11,13H,8-9,12H2,1H3. The minimum atomic E-state index is -0.241. The van der Waals surface area contributed by atoms with Crippen LogP contribution in [0.5, 0.6) is 11.5 Å². The molecule has 2 aromatic carbocycles. The average Bonchev–Trinajstić information content (AvgIpc) is 3.18. The second kappa shape index (κ2) is 7.33. The van der Waals surface area contributed by atoms with Crippen molar-refractivity contribution in [3.63, 3.8) is 0 Å². The first-order valence-corrected chi connectivity index (χ1v) is 10.1. The van der Waals surface area contributed by atoms with Gasteiger partial charge in [-0.25, -0.2) is 14.4 Å². The third-order valence-corrected chi connectivity index (χ3v) is 5.98. The normalized spacial score (nSPS) is 12.9. The summed E-state index contributed by atoms with van der Waals surface area (Å²) in [4.78, 5) is 12.1. The molecule has 0 aliphatic carbocycles. The van der Waals surface area contributed by atoms with Crippen LogP contribution in [0.1, 0.15) is 5.56 Å². The minimum Gasteiger partial charge on any atom is -0.486 e. The smallest absolute Gasteiger partial charge is 0.161 e. The molecule has 0 atom stereocenters. The molecule has 0 amide bonds. The van der Waals surface area contributed by atoms with E-state index < -0.39 is 0 Å². The Hall–Kier alpha value is -3.19. The minimum absolute atomic E-state index is 0.241.